The van der Waals surface area contributed by atoms with Gasteiger partial charge >= 0.3 is 0 Å². The first-order valence-corrected chi connectivity index (χ1v) is 9.90. The molecule has 2 N–H and O–H groups in total. The number of carbonyl (C=O) groups excluding carboxylic acids is 2. The van der Waals surface area contributed by atoms with E-state index in [2.05, 4.69) is 40.6 Å². The van der Waals surface area contributed by atoms with E-state index in [1.807, 2.05) is 0 Å². The van der Waals surface area contributed by atoms with Gasteiger partial charge in [0.25, 0.3) is 11.8 Å². The summed E-state index contributed by atoms with van der Waals surface area (Å²) in [6, 6.07) is 9.87. The topological polar surface area (TPSA) is 85.9 Å². The fraction of sp³-hybridized carbons (Fsp3) is 0.333. The summed E-state index contributed by atoms with van der Waals surface area (Å²) < 4.78 is 16.8. The normalized spacial score (nSPS) is 10.4. The maximum absolute atomic E-state index is 12.6. The fourth-order valence-corrected chi connectivity index (χ4v) is 2.80. The SMILES string of the molecule is COc1ccc(C(=O)NNC(=O)c2cc(Br)ccc2OCCC(C)C)cc1OC. The standard InChI is InChI=1S/C21H25BrN2O5/c1-13(2)9-10-29-17-8-6-15(22)12-16(17)21(26)24-23-20(25)14-5-7-18(27-3)19(11-14)28-4/h5-8,11-13H,9-10H2,1-4H3,(H,23,25)(H,24,26). The van der Waals surface area contributed by atoms with Crippen LogP contribution < -0.4 is 25.1 Å². The van der Waals surface area contributed by atoms with Gasteiger partial charge in [-0.25, -0.2) is 0 Å². The number of nitrogens with one attached hydrogen (secondary N) is 2. The summed E-state index contributed by atoms with van der Waals surface area (Å²) in [6.07, 6.45) is 0.868. The number of hydrogen-bond donors (Lipinski definition) is 2. The molecular formula is C21H25BrN2O5. The van der Waals surface area contributed by atoms with Crippen molar-refractivity contribution in [1.29, 1.82) is 0 Å². The highest BCUT2D eigenvalue weighted by molar-refractivity contribution is 9.10. The van der Waals surface area contributed by atoms with Crippen molar-refractivity contribution in [1.82, 2.24) is 10.9 Å². The van der Waals surface area contributed by atoms with Gasteiger partial charge in [-0.05, 0) is 48.7 Å². The fourth-order valence-electron chi connectivity index (χ4n) is 2.44. The number of carbonyl (C=O) groups is 2. The van der Waals surface area contributed by atoms with Crippen LogP contribution in [0, 0.1) is 5.92 Å². The first-order valence-electron chi connectivity index (χ1n) is 9.10. The zero-order valence-electron chi connectivity index (χ0n) is 16.9. The summed E-state index contributed by atoms with van der Waals surface area (Å²) in [6.45, 7) is 4.70. The Bertz CT molecular complexity index is 870. The van der Waals surface area contributed by atoms with E-state index in [0.717, 1.165) is 10.9 Å². The third-order valence-electron chi connectivity index (χ3n) is 4.07. The lowest BCUT2D eigenvalue weighted by Gasteiger charge is -2.14. The molecule has 2 aromatic rings. The van der Waals surface area contributed by atoms with Crippen LogP contribution in [0.25, 0.3) is 0 Å². The number of rotatable bonds is 8. The maximum Gasteiger partial charge on any atom is 0.273 e. The van der Waals surface area contributed by atoms with Crippen molar-refractivity contribution < 1.29 is 23.8 Å². The molecule has 7 nitrogen and oxygen atoms in total. The molecule has 0 aromatic heterocycles. The van der Waals surface area contributed by atoms with Crippen molar-refractivity contribution >= 4 is 27.7 Å². The summed E-state index contributed by atoms with van der Waals surface area (Å²) in [5.74, 6) is 0.885. The largest absolute Gasteiger partial charge is 0.493 e. The Morgan fingerprint density at radius 2 is 1.59 bits per heavy atom. The molecule has 0 saturated carbocycles. The minimum atomic E-state index is -0.489. The molecule has 2 rings (SSSR count). The minimum Gasteiger partial charge on any atom is -0.493 e. The van der Waals surface area contributed by atoms with Crippen molar-refractivity contribution in [3.8, 4) is 17.2 Å². The Morgan fingerprint density at radius 3 is 2.24 bits per heavy atom. The molecule has 0 heterocycles. The molecule has 0 atom stereocenters. The summed E-state index contributed by atoms with van der Waals surface area (Å²) in [7, 11) is 2.99. The predicted octanol–water partition coefficient (Wildman–Crippen LogP) is 3.97. The summed E-state index contributed by atoms with van der Waals surface area (Å²) in [5.41, 5.74) is 5.45. The number of hydrazine groups is 1. The van der Waals surface area contributed by atoms with Crippen molar-refractivity contribution in [3.05, 3.63) is 52.0 Å². The third-order valence-corrected chi connectivity index (χ3v) is 4.57. The van der Waals surface area contributed by atoms with Gasteiger partial charge in [-0.2, -0.15) is 0 Å². The van der Waals surface area contributed by atoms with Gasteiger partial charge in [0.15, 0.2) is 11.5 Å². The Balaban J connectivity index is 2.06. The highest BCUT2D eigenvalue weighted by Crippen LogP contribution is 2.27. The second-order valence-electron chi connectivity index (χ2n) is 6.65. The monoisotopic (exact) mass is 464 g/mol. The van der Waals surface area contributed by atoms with Gasteiger partial charge in [0.1, 0.15) is 5.75 Å². The van der Waals surface area contributed by atoms with Crippen LogP contribution in [0.2, 0.25) is 0 Å². The molecule has 0 aliphatic rings. The molecule has 0 bridgehead atoms. The molecular weight excluding hydrogens is 440 g/mol. The number of benzene rings is 2. The van der Waals surface area contributed by atoms with E-state index >= 15 is 0 Å². The average molecular weight is 465 g/mol. The van der Waals surface area contributed by atoms with Crippen LogP contribution in [-0.2, 0) is 0 Å². The zero-order chi connectivity index (χ0) is 21.4. The molecule has 8 heteroatoms. The number of hydrogen-bond acceptors (Lipinski definition) is 5. The molecule has 0 unspecified atom stereocenters. The Hall–Kier alpha value is -2.74. The van der Waals surface area contributed by atoms with Crippen LogP contribution in [0.3, 0.4) is 0 Å². The van der Waals surface area contributed by atoms with E-state index in [4.69, 9.17) is 14.2 Å². The Morgan fingerprint density at radius 1 is 0.931 bits per heavy atom. The van der Waals surface area contributed by atoms with E-state index in [0.29, 0.717) is 40.9 Å². The van der Waals surface area contributed by atoms with E-state index < -0.39 is 11.8 Å². The number of methoxy groups -OCH3 is 2. The molecule has 0 radical (unpaired) electrons. The van der Waals surface area contributed by atoms with Gasteiger partial charge in [-0.3, -0.25) is 20.4 Å². The maximum atomic E-state index is 12.6. The van der Waals surface area contributed by atoms with Gasteiger partial charge in [0, 0.05) is 10.0 Å². The number of amides is 2. The first kappa shape index (κ1) is 22.5. The van der Waals surface area contributed by atoms with E-state index in [9.17, 15) is 9.59 Å². The van der Waals surface area contributed by atoms with Crippen molar-refractivity contribution in [3.63, 3.8) is 0 Å². The third kappa shape index (κ3) is 6.39. The first-order chi connectivity index (χ1) is 13.8. The van der Waals surface area contributed by atoms with Crippen molar-refractivity contribution in [2.45, 2.75) is 20.3 Å². The predicted molar refractivity (Wildman–Crippen MR) is 114 cm³/mol. The van der Waals surface area contributed by atoms with Crippen molar-refractivity contribution in [2.75, 3.05) is 20.8 Å². The Kier molecular flexibility index (Phi) is 8.33. The van der Waals surface area contributed by atoms with Crippen LogP contribution in [0.5, 0.6) is 17.2 Å². The van der Waals surface area contributed by atoms with Crippen LogP contribution in [0.4, 0.5) is 0 Å². The highest BCUT2D eigenvalue weighted by Gasteiger charge is 2.16. The minimum absolute atomic E-state index is 0.311. The van der Waals surface area contributed by atoms with Gasteiger partial charge in [-0.1, -0.05) is 29.8 Å². The molecule has 156 valence electrons. The van der Waals surface area contributed by atoms with E-state index in [1.165, 1.54) is 20.3 Å². The lowest BCUT2D eigenvalue weighted by Crippen LogP contribution is -2.41. The molecule has 0 saturated heterocycles. The van der Waals surface area contributed by atoms with Gasteiger partial charge in [0.05, 0.1) is 26.4 Å². The van der Waals surface area contributed by atoms with Crippen LogP contribution in [0.15, 0.2) is 40.9 Å². The van der Waals surface area contributed by atoms with Crippen LogP contribution in [0.1, 0.15) is 41.0 Å². The summed E-state index contributed by atoms with van der Waals surface area (Å²) in [4.78, 5) is 25.0. The van der Waals surface area contributed by atoms with Gasteiger partial charge < -0.3 is 14.2 Å². The molecule has 29 heavy (non-hydrogen) atoms. The molecule has 2 amide bonds. The summed E-state index contributed by atoms with van der Waals surface area (Å²) in [5, 5.41) is 0. The van der Waals surface area contributed by atoms with Crippen LogP contribution >= 0.6 is 15.9 Å². The second-order valence-corrected chi connectivity index (χ2v) is 7.57. The van der Waals surface area contributed by atoms with Gasteiger partial charge in [-0.15, -0.1) is 0 Å². The van der Waals surface area contributed by atoms with E-state index in [1.54, 1.807) is 30.3 Å². The molecule has 0 aliphatic heterocycles. The smallest absolute Gasteiger partial charge is 0.273 e. The molecule has 0 spiro atoms. The molecule has 0 fully saturated rings. The number of halogens is 1. The quantitative estimate of drug-likeness (QED) is 0.577. The molecule has 0 aliphatic carbocycles. The lowest BCUT2D eigenvalue weighted by molar-refractivity contribution is 0.0844. The number of ether oxygens (including phenoxy) is 3. The lowest BCUT2D eigenvalue weighted by atomic mass is 10.1. The van der Waals surface area contributed by atoms with Crippen molar-refractivity contribution in [2.24, 2.45) is 5.92 Å². The zero-order valence-corrected chi connectivity index (χ0v) is 18.5. The summed E-state index contributed by atoms with van der Waals surface area (Å²) >= 11 is 3.35. The second kappa shape index (κ2) is 10.7. The highest BCUT2D eigenvalue weighted by atomic mass is 79.9. The average Bonchev–Trinajstić information content (AvgIpc) is 2.71. The van der Waals surface area contributed by atoms with Crippen LogP contribution in [-0.4, -0.2) is 32.6 Å². The molecule has 2 aromatic carbocycles. The Labute approximate surface area is 178 Å². The van der Waals surface area contributed by atoms with Gasteiger partial charge in [0.2, 0.25) is 0 Å². The van der Waals surface area contributed by atoms with E-state index in [-0.39, 0.29) is 0 Å².